The van der Waals surface area contributed by atoms with Crippen LogP contribution in [0.4, 0.5) is 0 Å². The number of hydrogen-bond acceptors (Lipinski definition) is 3. The van der Waals surface area contributed by atoms with Gasteiger partial charge in [0.15, 0.2) is 0 Å². The van der Waals surface area contributed by atoms with Crippen molar-refractivity contribution in [3.63, 3.8) is 0 Å². The quantitative estimate of drug-likeness (QED) is 0.506. The molecular weight excluding hydrogens is 180 g/mol. The van der Waals surface area contributed by atoms with Gasteiger partial charge in [0.05, 0.1) is 6.26 Å². The van der Waals surface area contributed by atoms with E-state index in [0.29, 0.717) is 5.92 Å². The summed E-state index contributed by atoms with van der Waals surface area (Å²) >= 11 is 0. The Morgan fingerprint density at radius 3 is 2.71 bits per heavy atom. The Hall–Kier alpha value is -0.830. The molecule has 0 aliphatic heterocycles. The molecule has 14 heavy (non-hydrogen) atoms. The van der Waals surface area contributed by atoms with Crippen LogP contribution in [0.5, 0.6) is 0 Å². The second-order valence-corrected chi connectivity index (χ2v) is 3.40. The van der Waals surface area contributed by atoms with Crippen molar-refractivity contribution in [2.45, 2.75) is 39.5 Å². The van der Waals surface area contributed by atoms with Gasteiger partial charge in [-0.2, -0.15) is 0 Å². The predicted octanol–water partition coefficient (Wildman–Crippen LogP) is 2.25. The highest BCUT2D eigenvalue weighted by Crippen LogP contribution is 2.12. The monoisotopic (exact) mass is 200 g/mol. The fourth-order valence-corrected chi connectivity index (χ4v) is 1.28. The van der Waals surface area contributed by atoms with E-state index in [-0.39, 0.29) is 12.6 Å². The lowest BCUT2D eigenvalue weighted by atomic mass is 9.99. The van der Waals surface area contributed by atoms with E-state index in [9.17, 15) is 4.79 Å². The Balaban J connectivity index is 3.49. The van der Waals surface area contributed by atoms with E-state index < -0.39 is 0 Å². The number of aliphatic hydroxyl groups excluding tert-OH is 1. The molecule has 1 unspecified atom stereocenters. The van der Waals surface area contributed by atoms with Crippen LogP contribution in [0.2, 0.25) is 0 Å². The molecule has 1 N–H and O–H groups in total. The molecule has 3 nitrogen and oxygen atoms in total. The van der Waals surface area contributed by atoms with Gasteiger partial charge >= 0.3 is 5.97 Å². The molecule has 0 bridgehead atoms. The minimum atomic E-state index is -0.298. The van der Waals surface area contributed by atoms with Crippen LogP contribution < -0.4 is 0 Å². The van der Waals surface area contributed by atoms with Crippen LogP contribution in [-0.2, 0) is 9.53 Å². The van der Waals surface area contributed by atoms with E-state index in [1.165, 1.54) is 13.2 Å². The third-order valence-corrected chi connectivity index (χ3v) is 2.03. The number of aliphatic hydroxyl groups is 1. The number of ether oxygens (including phenoxy) is 1. The van der Waals surface area contributed by atoms with E-state index in [1.54, 1.807) is 0 Å². The summed E-state index contributed by atoms with van der Waals surface area (Å²) < 4.78 is 4.64. The smallest absolute Gasteiger partial charge is 0.307 e. The summed E-state index contributed by atoms with van der Waals surface area (Å²) in [7, 11) is 0. The zero-order valence-corrected chi connectivity index (χ0v) is 9.03. The number of esters is 1. The number of rotatable bonds is 7. The van der Waals surface area contributed by atoms with Crippen molar-refractivity contribution in [1.29, 1.82) is 0 Å². The van der Waals surface area contributed by atoms with Gasteiger partial charge in [-0.05, 0) is 31.3 Å². The predicted molar refractivity (Wildman–Crippen MR) is 55.6 cm³/mol. The van der Waals surface area contributed by atoms with E-state index in [4.69, 9.17) is 5.11 Å². The SMILES string of the molecule is CCCC(CO)CCC=COC(C)=O. The van der Waals surface area contributed by atoms with Crippen LogP contribution in [0, 0.1) is 5.92 Å². The topological polar surface area (TPSA) is 46.5 Å². The molecule has 0 saturated heterocycles. The fraction of sp³-hybridized carbons (Fsp3) is 0.727. The van der Waals surface area contributed by atoms with Gasteiger partial charge < -0.3 is 9.84 Å². The van der Waals surface area contributed by atoms with Gasteiger partial charge in [-0.1, -0.05) is 13.3 Å². The summed E-state index contributed by atoms with van der Waals surface area (Å²) in [6.07, 6.45) is 7.18. The number of allylic oxidation sites excluding steroid dienone is 1. The highest BCUT2D eigenvalue weighted by molar-refractivity contribution is 5.66. The van der Waals surface area contributed by atoms with Crippen LogP contribution in [-0.4, -0.2) is 17.7 Å². The molecule has 0 spiro atoms. The Bertz CT molecular complexity index is 175. The Morgan fingerprint density at radius 2 is 2.21 bits per heavy atom. The second kappa shape index (κ2) is 8.75. The molecule has 0 aliphatic carbocycles. The summed E-state index contributed by atoms with van der Waals surface area (Å²) in [5, 5.41) is 8.99. The Kier molecular flexibility index (Phi) is 8.24. The van der Waals surface area contributed by atoms with Crippen LogP contribution >= 0.6 is 0 Å². The maximum absolute atomic E-state index is 10.4. The molecule has 3 heteroatoms. The molecule has 0 aromatic rings. The molecule has 0 aromatic heterocycles. The first-order valence-electron chi connectivity index (χ1n) is 5.13. The summed E-state index contributed by atoms with van der Waals surface area (Å²) in [5.74, 6) is 0.0792. The van der Waals surface area contributed by atoms with Crippen molar-refractivity contribution >= 4 is 5.97 Å². The third-order valence-electron chi connectivity index (χ3n) is 2.03. The first kappa shape index (κ1) is 13.2. The molecule has 0 radical (unpaired) electrons. The molecule has 0 aromatic carbocycles. The van der Waals surface area contributed by atoms with E-state index in [2.05, 4.69) is 11.7 Å². The highest BCUT2D eigenvalue weighted by atomic mass is 16.5. The average Bonchev–Trinajstić information content (AvgIpc) is 2.15. The minimum absolute atomic E-state index is 0.245. The lowest BCUT2D eigenvalue weighted by Gasteiger charge is -2.10. The van der Waals surface area contributed by atoms with E-state index in [0.717, 1.165) is 25.7 Å². The highest BCUT2D eigenvalue weighted by Gasteiger charge is 2.03. The van der Waals surface area contributed by atoms with Crippen LogP contribution in [0.3, 0.4) is 0 Å². The van der Waals surface area contributed by atoms with Crippen molar-refractivity contribution in [1.82, 2.24) is 0 Å². The van der Waals surface area contributed by atoms with Crippen LogP contribution in [0.25, 0.3) is 0 Å². The van der Waals surface area contributed by atoms with Gasteiger partial charge in [0, 0.05) is 13.5 Å². The normalized spacial score (nSPS) is 13.1. The molecule has 0 amide bonds. The van der Waals surface area contributed by atoms with Crippen molar-refractivity contribution in [3.05, 3.63) is 12.3 Å². The minimum Gasteiger partial charge on any atom is -0.435 e. The maximum Gasteiger partial charge on any atom is 0.307 e. The van der Waals surface area contributed by atoms with Gasteiger partial charge in [0.1, 0.15) is 0 Å². The summed E-state index contributed by atoms with van der Waals surface area (Å²) in [6, 6.07) is 0. The van der Waals surface area contributed by atoms with E-state index in [1.807, 2.05) is 6.08 Å². The van der Waals surface area contributed by atoms with Crippen molar-refractivity contribution in [2.75, 3.05) is 6.61 Å². The van der Waals surface area contributed by atoms with Crippen molar-refractivity contribution in [3.8, 4) is 0 Å². The maximum atomic E-state index is 10.4. The first-order valence-corrected chi connectivity index (χ1v) is 5.13. The second-order valence-electron chi connectivity index (χ2n) is 3.40. The standard InChI is InChI=1S/C11H20O3/c1-3-6-11(9-12)7-4-5-8-14-10(2)13/h5,8,11-12H,3-4,6-7,9H2,1-2H3. The molecule has 0 fully saturated rings. The van der Waals surface area contributed by atoms with Gasteiger partial charge in [0.25, 0.3) is 0 Å². The molecule has 1 atom stereocenters. The van der Waals surface area contributed by atoms with Gasteiger partial charge in [-0.15, -0.1) is 0 Å². The number of carbonyl (C=O) groups is 1. The molecule has 82 valence electrons. The number of carbonyl (C=O) groups excluding carboxylic acids is 1. The summed E-state index contributed by atoms with van der Waals surface area (Å²) in [4.78, 5) is 10.4. The summed E-state index contributed by atoms with van der Waals surface area (Å²) in [5.41, 5.74) is 0. The van der Waals surface area contributed by atoms with Gasteiger partial charge in [-0.25, -0.2) is 0 Å². The lowest BCUT2D eigenvalue weighted by Crippen LogP contribution is -2.04. The number of hydrogen-bond donors (Lipinski definition) is 1. The van der Waals surface area contributed by atoms with Crippen LogP contribution in [0.1, 0.15) is 39.5 Å². The largest absolute Gasteiger partial charge is 0.435 e. The Labute approximate surface area is 85.8 Å². The zero-order chi connectivity index (χ0) is 10.8. The molecule has 0 saturated carbocycles. The van der Waals surface area contributed by atoms with Crippen LogP contribution in [0.15, 0.2) is 12.3 Å². The molecule has 0 aliphatic rings. The third kappa shape index (κ3) is 7.80. The Morgan fingerprint density at radius 1 is 1.50 bits per heavy atom. The summed E-state index contributed by atoms with van der Waals surface area (Å²) in [6.45, 7) is 3.73. The zero-order valence-electron chi connectivity index (χ0n) is 9.03. The van der Waals surface area contributed by atoms with Gasteiger partial charge in [-0.3, -0.25) is 4.79 Å². The fourth-order valence-electron chi connectivity index (χ4n) is 1.28. The van der Waals surface area contributed by atoms with Crippen molar-refractivity contribution < 1.29 is 14.6 Å². The first-order chi connectivity index (χ1) is 6.70. The van der Waals surface area contributed by atoms with Crippen molar-refractivity contribution in [2.24, 2.45) is 5.92 Å². The molecule has 0 heterocycles. The molecule has 0 rings (SSSR count). The van der Waals surface area contributed by atoms with E-state index >= 15 is 0 Å². The lowest BCUT2D eigenvalue weighted by molar-refractivity contribution is -0.135. The average molecular weight is 200 g/mol. The van der Waals surface area contributed by atoms with Gasteiger partial charge in [0.2, 0.25) is 0 Å². The molecular formula is C11H20O3.